The van der Waals surface area contributed by atoms with Gasteiger partial charge in [-0.25, -0.2) is 13.6 Å². The van der Waals surface area contributed by atoms with Crippen LogP contribution in [0.3, 0.4) is 0 Å². The Balaban J connectivity index is 1.52. The maximum Gasteiger partial charge on any atom is 0.352 e. The minimum Gasteiger partial charge on any atom is -0.489 e. The summed E-state index contributed by atoms with van der Waals surface area (Å²) in [6.07, 6.45) is 1.77. The zero-order chi connectivity index (χ0) is 22.7. The van der Waals surface area contributed by atoms with Crippen molar-refractivity contribution in [2.24, 2.45) is 0 Å². The third-order valence-corrected chi connectivity index (χ3v) is 5.18. The molecule has 0 atom stereocenters. The van der Waals surface area contributed by atoms with Crippen LogP contribution in [0.25, 0.3) is 11.1 Å². The molecular weight excluding hydrogens is 436 g/mol. The van der Waals surface area contributed by atoms with Crippen LogP contribution >= 0.6 is 11.6 Å². The largest absolute Gasteiger partial charge is 0.489 e. The van der Waals surface area contributed by atoms with Crippen molar-refractivity contribution in [1.82, 2.24) is 4.57 Å². The van der Waals surface area contributed by atoms with Crippen molar-refractivity contribution in [2.75, 3.05) is 0 Å². The van der Waals surface area contributed by atoms with E-state index in [0.29, 0.717) is 17.3 Å². The average Bonchev–Trinajstić information content (AvgIpc) is 3.19. The molecule has 4 nitrogen and oxygen atoms in total. The smallest absolute Gasteiger partial charge is 0.352 e. The molecule has 0 aliphatic rings. The number of carboxylic acids is 1. The molecule has 4 aromatic rings. The molecule has 0 fully saturated rings. The van der Waals surface area contributed by atoms with Crippen LogP contribution < -0.4 is 4.74 Å². The molecule has 0 saturated carbocycles. The summed E-state index contributed by atoms with van der Waals surface area (Å²) in [5.41, 5.74) is 2.68. The van der Waals surface area contributed by atoms with Gasteiger partial charge in [-0.2, -0.15) is 0 Å². The predicted molar refractivity (Wildman–Crippen MR) is 118 cm³/mol. The van der Waals surface area contributed by atoms with E-state index < -0.39 is 17.6 Å². The molecule has 1 heterocycles. The molecule has 0 aliphatic heterocycles. The average molecular weight is 454 g/mol. The van der Waals surface area contributed by atoms with Gasteiger partial charge in [-0.3, -0.25) is 0 Å². The lowest BCUT2D eigenvalue weighted by Crippen LogP contribution is -2.08. The Hall–Kier alpha value is -3.64. The van der Waals surface area contributed by atoms with Crippen LogP contribution in [0, 0.1) is 11.6 Å². The third kappa shape index (κ3) is 4.98. The van der Waals surface area contributed by atoms with Crippen LogP contribution in [-0.4, -0.2) is 15.6 Å². The van der Waals surface area contributed by atoms with Gasteiger partial charge in [0.2, 0.25) is 0 Å². The number of ether oxygens (including phenoxy) is 1. The Bertz CT molecular complexity index is 1270. The molecule has 3 aromatic carbocycles. The monoisotopic (exact) mass is 453 g/mol. The lowest BCUT2D eigenvalue weighted by atomic mass is 10.1. The summed E-state index contributed by atoms with van der Waals surface area (Å²) in [5.74, 6) is -1.62. The maximum absolute atomic E-state index is 13.7. The summed E-state index contributed by atoms with van der Waals surface area (Å²) in [4.78, 5) is 11.7. The second kappa shape index (κ2) is 9.24. The highest BCUT2D eigenvalue weighted by molar-refractivity contribution is 6.30. The van der Waals surface area contributed by atoms with Gasteiger partial charge in [-0.1, -0.05) is 35.9 Å². The van der Waals surface area contributed by atoms with Crippen LogP contribution in [0.2, 0.25) is 5.02 Å². The number of aromatic nitrogens is 1. The van der Waals surface area contributed by atoms with E-state index in [-0.39, 0.29) is 17.9 Å². The molecule has 1 aromatic heterocycles. The molecule has 162 valence electrons. The number of aromatic carboxylic acids is 1. The van der Waals surface area contributed by atoms with Gasteiger partial charge in [0.25, 0.3) is 0 Å². The molecule has 7 heteroatoms. The number of carbonyl (C=O) groups is 1. The summed E-state index contributed by atoms with van der Waals surface area (Å²) in [6, 6.07) is 19.0. The lowest BCUT2D eigenvalue weighted by Gasteiger charge is -2.08. The lowest BCUT2D eigenvalue weighted by molar-refractivity contribution is 0.0685. The quantitative estimate of drug-likeness (QED) is 0.351. The second-order valence-corrected chi connectivity index (χ2v) is 7.66. The number of hydrogen-bond acceptors (Lipinski definition) is 2. The van der Waals surface area contributed by atoms with Gasteiger partial charge in [0.15, 0.2) is 0 Å². The predicted octanol–water partition coefficient (Wildman–Crippen LogP) is 6.41. The van der Waals surface area contributed by atoms with E-state index in [1.165, 1.54) is 0 Å². The molecule has 0 aliphatic carbocycles. The highest BCUT2D eigenvalue weighted by Crippen LogP contribution is 2.26. The summed E-state index contributed by atoms with van der Waals surface area (Å²) in [7, 11) is 0. The van der Waals surface area contributed by atoms with Gasteiger partial charge >= 0.3 is 5.97 Å². The minimum atomic E-state index is -1.03. The Kier molecular flexibility index (Phi) is 6.23. The summed E-state index contributed by atoms with van der Waals surface area (Å²) >= 11 is 6.03. The highest BCUT2D eigenvalue weighted by atomic mass is 35.5. The zero-order valence-corrected chi connectivity index (χ0v) is 17.5. The molecule has 0 saturated heterocycles. The zero-order valence-electron chi connectivity index (χ0n) is 16.8. The number of nitrogens with zero attached hydrogens (tertiary/aromatic N) is 1. The van der Waals surface area contributed by atoms with Gasteiger partial charge < -0.3 is 14.4 Å². The van der Waals surface area contributed by atoms with Crippen molar-refractivity contribution in [3.8, 4) is 16.9 Å². The first-order chi connectivity index (χ1) is 15.4. The Labute approximate surface area is 188 Å². The Morgan fingerprint density at radius 2 is 1.75 bits per heavy atom. The molecule has 0 amide bonds. The number of hydrogen-bond donors (Lipinski definition) is 1. The summed E-state index contributed by atoms with van der Waals surface area (Å²) in [6.45, 7) is 0.255. The molecule has 0 bridgehead atoms. The molecule has 4 rings (SSSR count). The van der Waals surface area contributed by atoms with Crippen molar-refractivity contribution < 1.29 is 23.4 Å². The van der Waals surface area contributed by atoms with Gasteiger partial charge in [-0.15, -0.1) is 0 Å². The number of benzene rings is 3. The van der Waals surface area contributed by atoms with Crippen molar-refractivity contribution in [3.63, 3.8) is 0 Å². The van der Waals surface area contributed by atoms with E-state index >= 15 is 0 Å². The molecule has 0 unspecified atom stereocenters. The van der Waals surface area contributed by atoms with E-state index in [4.69, 9.17) is 16.3 Å². The minimum absolute atomic E-state index is 0.109. The van der Waals surface area contributed by atoms with Gasteiger partial charge in [0, 0.05) is 28.9 Å². The number of halogens is 3. The first-order valence-corrected chi connectivity index (χ1v) is 10.1. The molecule has 0 radical (unpaired) electrons. The topological polar surface area (TPSA) is 51.5 Å². The van der Waals surface area contributed by atoms with E-state index in [1.807, 2.05) is 12.1 Å². The van der Waals surface area contributed by atoms with Crippen molar-refractivity contribution in [2.45, 2.75) is 13.2 Å². The number of rotatable bonds is 7. The molecule has 1 N–H and O–H groups in total. The van der Waals surface area contributed by atoms with E-state index in [9.17, 15) is 18.7 Å². The summed E-state index contributed by atoms with van der Waals surface area (Å²) < 4.78 is 34.2. The van der Waals surface area contributed by atoms with Crippen LogP contribution in [0.5, 0.6) is 5.75 Å². The first-order valence-electron chi connectivity index (χ1n) is 9.74. The fraction of sp³-hybridized carbons (Fsp3) is 0.0800. The highest BCUT2D eigenvalue weighted by Gasteiger charge is 2.14. The molecular formula is C25H18ClF2NO3. The van der Waals surface area contributed by atoms with E-state index in [1.54, 1.807) is 53.2 Å². The van der Waals surface area contributed by atoms with Crippen LogP contribution in [0.1, 0.15) is 21.6 Å². The standard InChI is InChI=1S/C25H18ClF2NO3/c26-20-3-1-2-16(10-20)13-29-14-18(12-24(29)25(30)31)17-4-7-22(8-5-17)32-15-19-11-21(27)6-9-23(19)28/h1-12,14H,13,15H2,(H,30,31). The third-order valence-electron chi connectivity index (χ3n) is 4.95. The van der Waals surface area contributed by atoms with Crippen molar-refractivity contribution in [1.29, 1.82) is 0 Å². The number of carboxylic acid groups (broad SMARTS) is 1. The first kappa shape index (κ1) is 21.6. The van der Waals surface area contributed by atoms with E-state index in [0.717, 1.165) is 34.9 Å². The Morgan fingerprint density at radius 1 is 0.969 bits per heavy atom. The van der Waals surface area contributed by atoms with Gasteiger partial charge in [0.05, 0.1) is 0 Å². The fourth-order valence-electron chi connectivity index (χ4n) is 3.37. The second-order valence-electron chi connectivity index (χ2n) is 7.23. The van der Waals surface area contributed by atoms with Crippen LogP contribution in [-0.2, 0) is 13.2 Å². The van der Waals surface area contributed by atoms with Crippen LogP contribution in [0.15, 0.2) is 79.0 Å². The normalized spacial score (nSPS) is 10.8. The van der Waals surface area contributed by atoms with Gasteiger partial charge in [-0.05, 0) is 59.7 Å². The SMILES string of the molecule is O=C(O)c1cc(-c2ccc(OCc3cc(F)ccc3F)cc2)cn1Cc1cccc(Cl)c1. The maximum atomic E-state index is 13.7. The van der Waals surface area contributed by atoms with Crippen LogP contribution in [0.4, 0.5) is 8.78 Å². The molecule has 0 spiro atoms. The van der Waals surface area contributed by atoms with Gasteiger partial charge in [0.1, 0.15) is 29.7 Å². The molecule has 32 heavy (non-hydrogen) atoms. The van der Waals surface area contributed by atoms with Crippen molar-refractivity contribution >= 4 is 17.6 Å². The fourth-order valence-corrected chi connectivity index (χ4v) is 3.58. The summed E-state index contributed by atoms with van der Waals surface area (Å²) in [5, 5.41) is 10.2. The van der Waals surface area contributed by atoms with E-state index in [2.05, 4.69) is 0 Å². The Morgan fingerprint density at radius 3 is 2.47 bits per heavy atom. The van der Waals surface area contributed by atoms with Crippen molar-refractivity contribution in [3.05, 3.63) is 112 Å².